The Hall–Kier alpha value is -0.380. The summed E-state index contributed by atoms with van der Waals surface area (Å²) in [6, 6.07) is 0. The maximum absolute atomic E-state index is 10.2. The molecule has 0 spiro atoms. The Morgan fingerprint density at radius 3 is 2.00 bits per heavy atom. The van der Waals surface area contributed by atoms with E-state index in [4.69, 9.17) is 11.5 Å². The lowest BCUT2D eigenvalue weighted by molar-refractivity contribution is -0.407. The normalized spacial score (nSPS) is 14.3. The summed E-state index contributed by atoms with van der Waals surface area (Å²) in [7, 11) is 0. The SMILES string of the molecule is C=CC([O-])C(N)N. The number of hydrogen-bond donors (Lipinski definition) is 2. The molecule has 0 radical (unpaired) electrons. The van der Waals surface area contributed by atoms with Gasteiger partial charge < -0.3 is 16.6 Å². The van der Waals surface area contributed by atoms with Crippen molar-refractivity contribution >= 4 is 0 Å². The van der Waals surface area contributed by atoms with Crippen LogP contribution < -0.4 is 16.6 Å². The molecular formula is C4H9N2O-. The predicted molar refractivity (Wildman–Crippen MR) is 26.1 cm³/mol. The van der Waals surface area contributed by atoms with Crippen molar-refractivity contribution in [2.45, 2.75) is 12.3 Å². The van der Waals surface area contributed by atoms with Crippen LogP contribution >= 0.6 is 0 Å². The van der Waals surface area contributed by atoms with Crippen molar-refractivity contribution in [1.82, 2.24) is 0 Å². The predicted octanol–water partition coefficient (Wildman–Crippen LogP) is -1.86. The molecule has 0 aromatic carbocycles. The fourth-order valence-corrected chi connectivity index (χ4v) is 0.157. The molecule has 7 heavy (non-hydrogen) atoms. The van der Waals surface area contributed by atoms with Crippen LogP contribution in [0.5, 0.6) is 0 Å². The summed E-state index contributed by atoms with van der Waals surface area (Å²) >= 11 is 0. The zero-order valence-corrected chi connectivity index (χ0v) is 4.00. The maximum Gasteiger partial charge on any atom is 0.0428 e. The molecule has 0 saturated carbocycles. The molecule has 0 saturated heterocycles. The molecule has 0 aromatic heterocycles. The average molecular weight is 101 g/mol. The van der Waals surface area contributed by atoms with E-state index < -0.39 is 12.3 Å². The minimum Gasteiger partial charge on any atom is -0.847 e. The van der Waals surface area contributed by atoms with Crippen LogP contribution in [0.15, 0.2) is 12.7 Å². The first-order valence-corrected chi connectivity index (χ1v) is 1.98. The molecule has 0 rings (SSSR count). The fraction of sp³-hybridized carbons (Fsp3) is 0.500. The Bertz CT molecular complexity index is 62.7. The van der Waals surface area contributed by atoms with Crippen molar-refractivity contribution in [2.75, 3.05) is 0 Å². The highest BCUT2D eigenvalue weighted by Crippen LogP contribution is 1.74. The van der Waals surface area contributed by atoms with Gasteiger partial charge in [-0.25, -0.2) is 0 Å². The van der Waals surface area contributed by atoms with Gasteiger partial charge in [-0.05, 0) is 0 Å². The highest BCUT2D eigenvalue weighted by molar-refractivity contribution is 4.81. The third kappa shape index (κ3) is 2.33. The zero-order valence-electron chi connectivity index (χ0n) is 4.00. The first kappa shape index (κ1) is 6.62. The van der Waals surface area contributed by atoms with Crippen molar-refractivity contribution in [3.8, 4) is 0 Å². The smallest absolute Gasteiger partial charge is 0.0428 e. The van der Waals surface area contributed by atoms with E-state index in [0.717, 1.165) is 0 Å². The average Bonchev–Trinajstić information content (AvgIpc) is 1.65. The molecular weight excluding hydrogens is 92.1 g/mol. The fourth-order valence-electron chi connectivity index (χ4n) is 0.157. The molecule has 1 atom stereocenters. The van der Waals surface area contributed by atoms with Gasteiger partial charge in [-0.2, -0.15) is 0 Å². The summed E-state index contributed by atoms with van der Waals surface area (Å²) in [6.07, 6.45) is -0.650. The maximum atomic E-state index is 10.2. The number of nitrogens with two attached hydrogens (primary N) is 2. The number of hydrogen-bond acceptors (Lipinski definition) is 3. The van der Waals surface area contributed by atoms with E-state index in [9.17, 15) is 5.11 Å². The van der Waals surface area contributed by atoms with E-state index in [1.165, 1.54) is 6.08 Å². The summed E-state index contributed by atoms with van der Waals surface area (Å²) in [5.41, 5.74) is 9.88. The van der Waals surface area contributed by atoms with Crippen molar-refractivity contribution in [3.63, 3.8) is 0 Å². The molecule has 0 aliphatic rings. The van der Waals surface area contributed by atoms with E-state index >= 15 is 0 Å². The van der Waals surface area contributed by atoms with Crippen molar-refractivity contribution < 1.29 is 5.11 Å². The first-order valence-electron chi connectivity index (χ1n) is 1.98. The summed E-state index contributed by atoms with van der Waals surface area (Å²) < 4.78 is 0. The zero-order chi connectivity index (χ0) is 5.86. The molecule has 0 fully saturated rings. The van der Waals surface area contributed by atoms with Gasteiger partial charge in [-0.15, -0.1) is 12.7 Å². The van der Waals surface area contributed by atoms with Crippen molar-refractivity contribution in [3.05, 3.63) is 12.7 Å². The highest BCUT2D eigenvalue weighted by Gasteiger charge is 1.90. The quantitative estimate of drug-likeness (QED) is 0.316. The van der Waals surface area contributed by atoms with Gasteiger partial charge >= 0.3 is 0 Å². The molecule has 1 unspecified atom stereocenters. The third-order valence-electron chi connectivity index (χ3n) is 0.612. The van der Waals surface area contributed by atoms with E-state index in [2.05, 4.69) is 6.58 Å². The lowest BCUT2D eigenvalue weighted by Gasteiger charge is -2.20. The Kier molecular flexibility index (Phi) is 2.59. The van der Waals surface area contributed by atoms with Crippen LogP contribution in [-0.4, -0.2) is 12.3 Å². The van der Waals surface area contributed by atoms with Crippen LogP contribution in [0.1, 0.15) is 0 Å². The Morgan fingerprint density at radius 2 is 2.00 bits per heavy atom. The first-order chi connectivity index (χ1) is 3.18. The van der Waals surface area contributed by atoms with Crippen LogP contribution in [-0.2, 0) is 0 Å². The highest BCUT2D eigenvalue weighted by atomic mass is 16.3. The summed E-state index contributed by atoms with van der Waals surface area (Å²) in [5, 5.41) is 10.2. The lowest BCUT2D eigenvalue weighted by Crippen LogP contribution is -2.48. The second-order valence-electron chi connectivity index (χ2n) is 1.28. The summed E-state index contributed by atoms with van der Waals surface area (Å²) in [4.78, 5) is 0. The van der Waals surface area contributed by atoms with Crippen LogP contribution in [0.4, 0.5) is 0 Å². The van der Waals surface area contributed by atoms with Crippen LogP contribution in [0, 0.1) is 0 Å². The molecule has 0 aromatic rings. The second-order valence-corrected chi connectivity index (χ2v) is 1.28. The van der Waals surface area contributed by atoms with Gasteiger partial charge in [-0.1, -0.05) is 6.10 Å². The summed E-state index contributed by atoms with van der Waals surface area (Å²) in [5.74, 6) is 0. The van der Waals surface area contributed by atoms with Crippen molar-refractivity contribution in [1.29, 1.82) is 0 Å². The standard InChI is InChI=1S/C4H9N2O/c1-2-3(7)4(5)6/h2-4H,1,5-6H2/q-1. The van der Waals surface area contributed by atoms with E-state index in [-0.39, 0.29) is 0 Å². The van der Waals surface area contributed by atoms with E-state index in [1.807, 2.05) is 0 Å². The Balaban J connectivity index is 3.33. The molecule has 3 nitrogen and oxygen atoms in total. The van der Waals surface area contributed by atoms with E-state index in [1.54, 1.807) is 0 Å². The van der Waals surface area contributed by atoms with Gasteiger partial charge in [-0.3, -0.25) is 0 Å². The molecule has 0 bridgehead atoms. The van der Waals surface area contributed by atoms with Crippen molar-refractivity contribution in [2.24, 2.45) is 11.5 Å². The Labute approximate surface area is 42.6 Å². The van der Waals surface area contributed by atoms with Gasteiger partial charge in [0, 0.05) is 6.17 Å². The third-order valence-corrected chi connectivity index (χ3v) is 0.612. The van der Waals surface area contributed by atoms with Gasteiger partial charge in [0.05, 0.1) is 0 Å². The second kappa shape index (κ2) is 2.74. The minimum absolute atomic E-state index is 0.808. The van der Waals surface area contributed by atoms with Crippen LogP contribution in [0.2, 0.25) is 0 Å². The molecule has 0 heterocycles. The summed E-state index contributed by atoms with van der Waals surface area (Å²) in [6.45, 7) is 3.21. The molecule has 0 aliphatic carbocycles. The van der Waals surface area contributed by atoms with Crippen LogP contribution in [0.25, 0.3) is 0 Å². The van der Waals surface area contributed by atoms with Crippen LogP contribution in [0.3, 0.4) is 0 Å². The molecule has 4 N–H and O–H groups in total. The molecule has 0 aliphatic heterocycles. The largest absolute Gasteiger partial charge is 0.847 e. The van der Waals surface area contributed by atoms with Gasteiger partial charge in [0.1, 0.15) is 0 Å². The van der Waals surface area contributed by atoms with Gasteiger partial charge in [0.15, 0.2) is 0 Å². The molecule has 42 valence electrons. The van der Waals surface area contributed by atoms with Gasteiger partial charge in [0.2, 0.25) is 0 Å². The van der Waals surface area contributed by atoms with E-state index in [0.29, 0.717) is 0 Å². The minimum atomic E-state index is -1.03. The molecule has 3 heteroatoms. The Morgan fingerprint density at radius 1 is 1.57 bits per heavy atom. The van der Waals surface area contributed by atoms with Gasteiger partial charge in [0.25, 0.3) is 0 Å². The topological polar surface area (TPSA) is 75.1 Å². The monoisotopic (exact) mass is 101 g/mol. The number of rotatable bonds is 2. The lowest BCUT2D eigenvalue weighted by atomic mass is 10.3. The molecule has 0 amide bonds.